The third kappa shape index (κ3) is 1.75. The van der Waals surface area contributed by atoms with Crippen molar-refractivity contribution in [2.24, 2.45) is 5.84 Å². The van der Waals surface area contributed by atoms with Crippen molar-refractivity contribution in [1.29, 1.82) is 0 Å². The van der Waals surface area contributed by atoms with Crippen molar-refractivity contribution >= 4 is 0 Å². The van der Waals surface area contributed by atoms with Gasteiger partial charge in [-0.25, -0.2) is 5.43 Å². The Labute approximate surface area is 81.5 Å². The van der Waals surface area contributed by atoms with Crippen LogP contribution in [0.1, 0.15) is 24.6 Å². The van der Waals surface area contributed by atoms with Gasteiger partial charge in [0.1, 0.15) is 5.69 Å². The summed E-state index contributed by atoms with van der Waals surface area (Å²) in [5.74, 6) is 5.47. The molecular weight excluding hydrogens is 182 g/mol. The highest BCUT2D eigenvalue weighted by atomic mass is 16.5. The first-order chi connectivity index (χ1) is 6.92. The molecule has 0 fully saturated rings. The predicted octanol–water partition coefficient (Wildman–Crippen LogP) is 0.00340. The second-order valence-electron chi connectivity index (χ2n) is 3.16. The first-order valence-corrected chi connectivity index (χ1v) is 4.54. The highest BCUT2D eigenvalue weighted by molar-refractivity contribution is 5.18. The number of nitrogens with one attached hydrogen (secondary N) is 2. The Kier molecular flexibility index (Phi) is 2.76. The third-order valence-electron chi connectivity index (χ3n) is 2.23. The van der Waals surface area contributed by atoms with Crippen molar-refractivity contribution in [3.8, 4) is 0 Å². The zero-order chi connectivity index (χ0) is 9.80. The molecule has 0 bridgehead atoms. The van der Waals surface area contributed by atoms with Crippen molar-refractivity contribution in [2.45, 2.75) is 18.9 Å². The molecule has 0 aromatic carbocycles. The molecule has 14 heavy (non-hydrogen) atoms. The fourth-order valence-electron chi connectivity index (χ4n) is 1.53. The third-order valence-corrected chi connectivity index (χ3v) is 2.23. The van der Waals surface area contributed by atoms with Crippen molar-refractivity contribution in [3.63, 3.8) is 0 Å². The molecule has 2 rings (SSSR count). The van der Waals surface area contributed by atoms with Crippen LogP contribution in [0.3, 0.4) is 0 Å². The van der Waals surface area contributed by atoms with Crippen molar-refractivity contribution < 1.29 is 4.74 Å². The minimum absolute atomic E-state index is 0.103. The first kappa shape index (κ1) is 9.17. The van der Waals surface area contributed by atoms with Gasteiger partial charge in [0.15, 0.2) is 0 Å². The summed E-state index contributed by atoms with van der Waals surface area (Å²) in [6.45, 7) is 0.777. The van der Waals surface area contributed by atoms with Gasteiger partial charge in [0.2, 0.25) is 0 Å². The molecule has 1 aromatic rings. The molecule has 76 valence electrons. The number of H-pyrrole nitrogens is 1. The maximum atomic E-state index is 5.47. The molecule has 6 heteroatoms. The van der Waals surface area contributed by atoms with E-state index in [-0.39, 0.29) is 6.04 Å². The fraction of sp³-hybridized carbons (Fsp3) is 0.500. The van der Waals surface area contributed by atoms with Gasteiger partial charge in [-0.2, -0.15) is 15.4 Å². The van der Waals surface area contributed by atoms with Gasteiger partial charge in [-0.1, -0.05) is 0 Å². The minimum atomic E-state index is -0.103. The number of hydrogen-bond acceptors (Lipinski definition) is 5. The quantitative estimate of drug-likeness (QED) is 0.467. The molecular formula is C8H13N5O. The Bertz CT molecular complexity index is 308. The van der Waals surface area contributed by atoms with Crippen LogP contribution >= 0.6 is 0 Å². The largest absolute Gasteiger partial charge is 0.501 e. The van der Waals surface area contributed by atoms with Crippen LogP contribution in [0, 0.1) is 0 Å². The summed E-state index contributed by atoms with van der Waals surface area (Å²) < 4.78 is 5.25. The van der Waals surface area contributed by atoms with Crippen molar-refractivity contribution in [2.75, 3.05) is 6.61 Å². The normalized spacial score (nSPS) is 18.5. The summed E-state index contributed by atoms with van der Waals surface area (Å²) in [4.78, 5) is 0. The fourth-order valence-corrected chi connectivity index (χ4v) is 1.53. The summed E-state index contributed by atoms with van der Waals surface area (Å²) >= 11 is 0. The van der Waals surface area contributed by atoms with Gasteiger partial charge in [-0.15, -0.1) is 0 Å². The van der Waals surface area contributed by atoms with E-state index in [0.29, 0.717) is 0 Å². The van der Waals surface area contributed by atoms with Gasteiger partial charge in [0.05, 0.1) is 25.1 Å². The summed E-state index contributed by atoms with van der Waals surface area (Å²) in [5.41, 5.74) is 4.59. The van der Waals surface area contributed by atoms with E-state index in [1.165, 1.54) is 0 Å². The Morgan fingerprint density at radius 2 is 2.57 bits per heavy atom. The number of nitrogens with zero attached hydrogens (tertiary/aromatic N) is 2. The molecule has 0 radical (unpaired) electrons. The van der Waals surface area contributed by atoms with Gasteiger partial charge in [-0.05, 0) is 18.4 Å². The maximum Gasteiger partial charge on any atom is 0.105 e. The van der Waals surface area contributed by atoms with Crippen molar-refractivity contribution in [3.05, 3.63) is 23.7 Å². The average molecular weight is 195 g/mol. The van der Waals surface area contributed by atoms with E-state index in [4.69, 9.17) is 10.6 Å². The summed E-state index contributed by atoms with van der Waals surface area (Å²) in [6.07, 6.45) is 5.40. The predicted molar refractivity (Wildman–Crippen MR) is 49.7 cm³/mol. The standard InChI is InChI=1S/C8H13N5O/c9-11-8(7-4-10-13-12-7)6-2-1-3-14-5-6/h4-5,8,11H,1-3,9H2,(H,10,12,13). The molecule has 1 unspecified atom stereocenters. The lowest BCUT2D eigenvalue weighted by Crippen LogP contribution is -2.30. The average Bonchev–Trinajstić information content (AvgIpc) is 2.74. The Balaban J connectivity index is 2.16. The van der Waals surface area contributed by atoms with Gasteiger partial charge in [0, 0.05) is 0 Å². The molecule has 1 aliphatic rings. The Morgan fingerprint density at radius 1 is 1.64 bits per heavy atom. The second-order valence-corrected chi connectivity index (χ2v) is 3.16. The van der Waals surface area contributed by atoms with Gasteiger partial charge in [0.25, 0.3) is 0 Å². The van der Waals surface area contributed by atoms with Crippen LogP contribution in [0.4, 0.5) is 0 Å². The number of rotatable bonds is 3. The molecule has 1 atom stereocenters. The van der Waals surface area contributed by atoms with Crippen LogP contribution in [-0.4, -0.2) is 22.0 Å². The van der Waals surface area contributed by atoms with E-state index in [1.54, 1.807) is 12.5 Å². The smallest absolute Gasteiger partial charge is 0.105 e. The van der Waals surface area contributed by atoms with Gasteiger partial charge in [-0.3, -0.25) is 5.84 Å². The highest BCUT2D eigenvalue weighted by Gasteiger charge is 2.19. The van der Waals surface area contributed by atoms with E-state index in [9.17, 15) is 0 Å². The van der Waals surface area contributed by atoms with Gasteiger partial charge < -0.3 is 4.74 Å². The number of ether oxygens (including phenoxy) is 1. The zero-order valence-electron chi connectivity index (χ0n) is 7.73. The number of hydrogen-bond donors (Lipinski definition) is 3. The molecule has 0 spiro atoms. The molecule has 0 saturated carbocycles. The minimum Gasteiger partial charge on any atom is -0.501 e. The Hall–Kier alpha value is -1.40. The summed E-state index contributed by atoms with van der Waals surface area (Å²) in [5, 5.41) is 10.3. The van der Waals surface area contributed by atoms with Gasteiger partial charge >= 0.3 is 0 Å². The van der Waals surface area contributed by atoms with Crippen LogP contribution < -0.4 is 11.3 Å². The highest BCUT2D eigenvalue weighted by Crippen LogP contribution is 2.24. The lowest BCUT2D eigenvalue weighted by Gasteiger charge is -2.20. The number of nitrogens with two attached hydrogens (primary N) is 1. The van der Waals surface area contributed by atoms with E-state index < -0.39 is 0 Å². The summed E-state index contributed by atoms with van der Waals surface area (Å²) in [6, 6.07) is -0.103. The lowest BCUT2D eigenvalue weighted by molar-refractivity contribution is 0.219. The lowest BCUT2D eigenvalue weighted by atomic mass is 10.0. The molecule has 1 aliphatic heterocycles. The van der Waals surface area contributed by atoms with E-state index in [1.807, 2.05) is 0 Å². The molecule has 0 aliphatic carbocycles. The second kappa shape index (κ2) is 4.21. The molecule has 6 nitrogen and oxygen atoms in total. The SMILES string of the molecule is NNC(C1=COCCC1)c1cn[nH]n1. The molecule has 4 N–H and O–H groups in total. The van der Waals surface area contributed by atoms with Crippen LogP contribution in [-0.2, 0) is 4.74 Å². The van der Waals surface area contributed by atoms with Crippen LogP contribution in [0.15, 0.2) is 18.0 Å². The molecule has 1 aromatic heterocycles. The van der Waals surface area contributed by atoms with E-state index in [2.05, 4.69) is 20.8 Å². The van der Waals surface area contributed by atoms with Crippen LogP contribution in [0.2, 0.25) is 0 Å². The maximum absolute atomic E-state index is 5.47. The van der Waals surface area contributed by atoms with Crippen LogP contribution in [0.5, 0.6) is 0 Å². The van der Waals surface area contributed by atoms with Crippen LogP contribution in [0.25, 0.3) is 0 Å². The molecule has 0 saturated heterocycles. The Morgan fingerprint density at radius 3 is 3.14 bits per heavy atom. The number of aromatic nitrogens is 3. The number of hydrazine groups is 1. The topological polar surface area (TPSA) is 88.9 Å². The van der Waals surface area contributed by atoms with Crippen molar-refractivity contribution in [1.82, 2.24) is 20.8 Å². The summed E-state index contributed by atoms with van der Waals surface area (Å²) in [7, 11) is 0. The van der Waals surface area contributed by atoms with E-state index >= 15 is 0 Å². The first-order valence-electron chi connectivity index (χ1n) is 4.54. The molecule has 0 amide bonds. The zero-order valence-corrected chi connectivity index (χ0v) is 7.73. The molecule has 2 heterocycles. The monoisotopic (exact) mass is 195 g/mol. The van der Waals surface area contributed by atoms with E-state index in [0.717, 1.165) is 30.7 Å². The number of aromatic amines is 1.